The van der Waals surface area contributed by atoms with E-state index in [9.17, 15) is 9.59 Å². The first-order chi connectivity index (χ1) is 17.0. The number of nitrogens with zero attached hydrogens (tertiary/aromatic N) is 6. The molecule has 0 atom stereocenters. The zero-order valence-electron chi connectivity index (χ0n) is 19.6. The lowest BCUT2D eigenvalue weighted by Crippen LogP contribution is -2.40. The Bertz CT molecular complexity index is 1610. The summed E-state index contributed by atoms with van der Waals surface area (Å²) < 4.78 is 4.41. The number of anilines is 1. The number of pyridine rings is 1. The van der Waals surface area contributed by atoms with Gasteiger partial charge in [-0.25, -0.2) is 14.8 Å². The number of aryl methyl sites for hydroxylation is 1. The van der Waals surface area contributed by atoms with Gasteiger partial charge in [0.1, 0.15) is 17.2 Å². The molecule has 178 valence electrons. The molecule has 0 aliphatic carbocycles. The van der Waals surface area contributed by atoms with Gasteiger partial charge in [-0.3, -0.25) is 13.9 Å². The summed E-state index contributed by atoms with van der Waals surface area (Å²) in [6, 6.07) is 15.2. The minimum Gasteiger partial charge on any atom is -0.384 e. The number of aromatic amines is 1. The zero-order valence-corrected chi connectivity index (χ0v) is 19.6. The second-order valence-electron chi connectivity index (χ2n) is 8.31. The smallest absolute Gasteiger partial charge is 0.332 e. The number of nitrogens with two attached hydrogens (primary N) is 1. The molecule has 4 heterocycles. The van der Waals surface area contributed by atoms with Crippen LogP contribution in [0.5, 0.6) is 0 Å². The van der Waals surface area contributed by atoms with Gasteiger partial charge in [0, 0.05) is 36.5 Å². The lowest BCUT2D eigenvalue weighted by molar-refractivity contribution is 0.555. The molecule has 0 fully saturated rings. The number of hydrogen-bond acceptors (Lipinski definition) is 6. The van der Waals surface area contributed by atoms with Crippen molar-refractivity contribution in [1.29, 1.82) is 0 Å². The van der Waals surface area contributed by atoms with Crippen LogP contribution in [0.3, 0.4) is 0 Å². The number of imidazole rings is 1. The van der Waals surface area contributed by atoms with Crippen LogP contribution in [-0.4, -0.2) is 33.9 Å². The van der Waals surface area contributed by atoms with Gasteiger partial charge in [0.25, 0.3) is 5.56 Å². The molecule has 0 aliphatic heterocycles. The van der Waals surface area contributed by atoms with Gasteiger partial charge in [0.2, 0.25) is 0 Å². The normalized spacial score (nSPS) is 11.4. The number of fused-ring (bicyclic) bond motifs is 1. The monoisotopic (exact) mass is 470 g/mol. The van der Waals surface area contributed by atoms with E-state index in [0.29, 0.717) is 53.7 Å². The fourth-order valence-corrected chi connectivity index (χ4v) is 4.13. The Morgan fingerprint density at radius 1 is 0.943 bits per heavy atom. The van der Waals surface area contributed by atoms with Crippen LogP contribution in [0.25, 0.3) is 39.6 Å². The summed E-state index contributed by atoms with van der Waals surface area (Å²) in [6.45, 7) is 4.75. The van der Waals surface area contributed by atoms with Crippen LogP contribution in [0, 0.1) is 0 Å². The highest BCUT2D eigenvalue weighted by atomic mass is 16.2. The largest absolute Gasteiger partial charge is 0.384 e. The van der Waals surface area contributed by atoms with Crippen molar-refractivity contribution in [2.24, 2.45) is 0 Å². The Morgan fingerprint density at radius 2 is 1.69 bits per heavy atom. The second kappa shape index (κ2) is 9.05. The first kappa shape index (κ1) is 22.3. The van der Waals surface area contributed by atoms with Crippen molar-refractivity contribution in [3.63, 3.8) is 0 Å². The van der Waals surface area contributed by atoms with Gasteiger partial charge in [-0.2, -0.15) is 9.78 Å². The summed E-state index contributed by atoms with van der Waals surface area (Å²) in [5.74, 6) is 1.48. The average molecular weight is 471 g/mol. The van der Waals surface area contributed by atoms with Crippen molar-refractivity contribution in [3.05, 3.63) is 75.6 Å². The number of nitrogen functional groups attached to an aromatic ring is 1. The van der Waals surface area contributed by atoms with Gasteiger partial charge >= 0.3 is 5.69 Å². The van der Waals surface area contributed by atoms with Gasteiger partial charge in [-0.05, 0) is 25.0 Å². The predicted octanol–water partition coefficient (Wildman–Crippen LogP) is 3.20. The van der Waals surface area contributed by atoms with Crippen LogP contribution in [0.1, 0.15) is 26.7 Å². The summed E-state index contributed by atoms with van der Waals surface area (Å²) >= 11 is 0. The summed E-state index contributed by atoms with van der Waals surface area (Å²) in [6.07, 6.45) is 3.07. The first-order valence-electron chi connectivity index (χ1n) is 11.6. The number of hydrogen-bond donors (Lipinski definition) is 2. The molecule has 5 aromatic rings. The summed E-state index contributed by atoms with van der Waals surface area (Å²) in [7, 11) is 0. The minimum atomic E-state index is -0.361. The lowest BCUT2D eigenvalue weighted by Gasteiger charge is -2.09. The zero-order chi connectivity index (χ0) is 24.5. The highest BCUT2D eigenvalue weighted by Crippen LogP contribution is 2.23. The summed E-state index contributed by atoms with van der Waals surface area (Å²) in [5.41, 5.74) is 8.57. The number of nitrogens with one attached hydrogen (secondary N) is 1. The molecule has 3 N–H and O–H groups in total. The molecule has 0 amide bonds. The highest BCUT2D eigenvalue weighted by molar-refractivity contribution is 5.75. The molecule has 5 rings (SSSR count). The molecular formula is C25H26N8O2. The van der Waals surface area contributed by atoms with Crippen LogP contribution in [0.2, 0.25) is 0 Å². The van der Waals surface area contributed by atoms with E-state index in [2.05, 4.69) is 20.1 Å². The SMILES string of the molecule is CCCn1c(=O)c2[nH]c(-c3ccc(-n4nc(-c5ccccc5)cc4N)nc3)nc2n(CCC)c1=O. The van der Waals surface area contributed by atoms with Crippen LogP contribution >= 0.6 is 0 Å². The molecule has 0 bridgehead atoms. The van der Waals surface area contributed by atoms with Gasteiger partial charge in [0.05, 0.1) is 5.69 Å². The molecule has 10 heteroatoms. The number of H-pyrrole nitrogens is 1. The van der Waals surface area contributed by atoms with E-state index in [1.807, 2.05) is 50.2 Å². The Balaban J connectivity index is 1.54. The Labute approximate surface area is 200 Å². The maximum Gasteiger partial charge on any atom is 0.332 e. The fraction of sp³-hybridized carbons (Fsp3) is 0.240. The van der Waals surface area contributed by atoms with Crippen molar-refractivity contribution in [2.75, 3.05) is 5.73 Å². The molecule has 4 aromatic heterocycles. The molecule has 0 aliphatic rings. The third kappa shape index (κ3) is 3.92. The molecular weight excluding hydrogens is 444 g/mol. The predicted molar refractivity (Wildman–Crippen MR) is 135 cm³/mol. The number of benzene rings is 1. The van der Waals surface area contributed by atoms with E-state index in [-0.39, 0.29) is 11.2 Å². The standard InChI is InChI=1S/C25H26N8O2/c1-3-12-31-23-21(24(34)32(13-4-2)25(31)35)28-22(29-23)17-10-11-20(27-15-17)33-19(26)14-18(30-33)16-8-6-5-7-9-16/h5-11,14-15H,3-4,12-13,26H2,1-2H3,(H,28,29). The minimum absolute atomic E-state index is 0.314. The third-order valence-electron chi connectivity index (χ3n) is 5.80. The van der Waals surface area contributed by atoms with E-state index in [0.717, 1.165) is 17.7 Å². The van der Waals surface area contributed by atoms with Crippen molar-refractivity contribution in [3.8, 4) is 28.5 Å². The molecule has 0 saturated heterocycles. The van der Waals surface area contributed by atoms with Crippen molar-refractivity contribution in [1.82, 2.24) is 33.9 Å². The second-order valence-corrected chi connectivity index (χ2v) is 8.31. The van der Waals surface area contributed by atoms with Crippen LogP contribution in [-0.2, 0) is 13.1 Å². The maximum atomic E-state index is 13.0. The van der Waals surface area contributed by atoms with Gasteiger partial charge in [0.15, 0.2) is 11.5 Å². The molecule has 0 spiro atoms. The Kier molecular flexibility index (Phi) is 5.77. The summed E-state index contributed by atoms with van der Waals surface area (Å²) in [5, 5.41) is 4.59. The average Bonchev–Trinajstić information content (AvgIpc) is 3.50. The van der Waals surface area contributed by atoms with Crippen LogP contribution < -0.4 is 17.0 Å². The van der Waals surface area contributed by atoms with Gasteiger partial charge in [-0.15, -0.1) is 0 Å². The molecule has 1 aromatic carbocycles. The van der Waals surface area contributed by atoms with E-state index in [1.165, 1.54) is 4.57 Å². The first-order valence-corrected chi connectivity index (χ1v) is 11.6. The fourth-order valence-electron chi connectivity index (χ4n) is 4.13. The van der Waals surface area contributed by atoms with Gasteiger partial charge < -0.3 is 10.7 Å². The van der Waals surface area contributed by atoms with E-state index >= 15 is 0 Å². The maximum absolute atomic E-state index is 13.0. The molecule has 35 heavy (non-hydrogen) atoms. The van der Waals surface area contributed by atoms with E-state index in [4.69, 9.17) is 5.73 Å². The van der Waals surface area contributed by atoms with Crippen LogP contribution in [0.15, 0.2) is 64.3 Å². The van der Waals surface area contributed by atoms with E-state index < -0.39 is 0 Å². The van der Waals surface area contributed by atoms with Crippen molar-refractivity contribution < 1.29 is 0 Å². The Morgan fingerprint density at radius 3 is 2.37 bits per heavy atom. The van der Waals surface area contributed by atoms with Crippen LogP contribution in [0.4, 0.5) is 5.82 Å². The number of rotatable bonds is 7. The van der Waals surface area contributed by atoms with E-state index in [1.54, 1.807) is 27.6 Å². The molecule has 0 unspecified atom stereocenters. The van der Waals surface area contributed by atoms with Crippen molar-refractivity contribution in [2.45, 2.75) is 39.8 Å². The Hall–Kier alpha value is -4.47. The molecule has 0 radical (unpaired) electrons. The molecule has 10 nitrogen and oxygen atoms in total. The van der Waals surface area contributed by atoms with Crippen molar-refractivity contribution >= 4 is 17.0 Å². The topological polar surface area (TPSA) is 129 Å². The molecule has 0 saturated carbocycles. The van der Waals surface area contributed by atoms with Gasteiger partial charge in [-0.1, -0.05) is 44.2 Å². The quantitative estimate of drug-likeness (QED) is 0.376. The third-order valence-corrected chi connectivity index (χ3v) is 5.80. The highest BCUT2D eigenvalue weighted by Gasteiger charge is 2.18. The summed E-state index contributed by atoms with van der Waals surface area (Å²) in [4.78, 5) is 38.1. The lowest BCUT2D eigenvalue weighted by atomic mass is 10.2. The number of aromatic nitrogens is 7.